The molecule has 0 saturated carbocycles. The number of halogens is 1. The standard InChI is InChI=1S/C22H21FN2O2S2/c23-17-9-7-15(8-10-17)12-16(21(24)26)13-25-22(27)19-5-1-2-6-20(19)29-14-18-4-3-11-28-18/h1-11,16H,12-14H2,(H2,24,26)(H,25,27)/t16-/m1/s1. The van der Waals surface area contributed by atoms with Crippen molar-refractivity contribution >= 4 is 34.9 Å². The van der Waals surface area contributed by atoms with Gasteiger partial charge in [0.25, 0.3) is 5.91 Å². The number of nitrogens with one attached hydrogen (secondary N) is 1. The number of benzene rings is 2. The molecule has 1 atom stereocenters. The van der Waals surface area contributed by atoms with Crippen molar-refractivity contribution in [1.29, 1.82) is 0 Å². The third-order valence-corrected chi connectivity index (χ3v) is 6.57. The van der Waals surface area contributed by atoms with Crippen LogP contribution in [0.5, 0.6) is 0 Å². The molecule has 1 heterocycles. The van der Waals surface area contributed by atoms with E-state index in [2.05, 4.69) is 11.4 Å². The predicted octanol–water partition coefficient (Wildman–Crippen LogP) is 4.25. The number of thioether (sulfide) groups is 1. The smallest absolute Gasteiger partial charge is 0.252 e. The molecule has 0 aliphatic rings. The molecule has 0 aliphatic carbocycles. The van der Waals surface area contributed by atoms with E-state index in [1.807, 2.05) is 29.6 Å². The molecule has 0 fully saturated rings. The molecule has 0 aliphatic heterocycles. The van der Waals surface area contributed by atoms with Crippen molar-refractivity contribution in [3.05, 3.63) is 87.9 Å². The van der Waals surface area contributed by atoms with Gasteiger partial charge in [-0.2, -0.15) is 0 Å². The van der Waals surface area contributed by atoms with E-state index in [1.54, 1.807) is 41.3 Å². The van der Waals surface area contributed by atoms with E-state index in [9.17, 15) is 14.0 Å². The average Bonchev–Trinajstić information content (AvgIpc) is 3.24. The molecule has 2 aromatic carbocycles. The summed E-state index contributed by atoms with van der Waals surface area (Å²) in [5.74, 6) is -0.875. The Labute approximate surface area is 177 Å². The van der Waals surface area contributed by atoms with Gasteiger partial charge in [-0.1, -0.05) is 30.3 Å². The van der Waals surface area contributed by atoms with Crippen LogP contribution in [0.1, 0.15) is 20.8 Å². The molecule has 4 nitrogen and oxygen atoms in total. The Morgan fingerprint density at radius 1 is 1.07 bits per heavy atom. The van der Waals surface area contributed by atoms with Crippen LogP contribution in [-0.4, -0.2) is 18.4 Å². The van der Waals surface area contributed by atoms with E-state index >= 15 is 0 Å². The summed E-state index contributed by atoms with van der Waals surface area (Å²) >= 11 is 3.28. The first-order valence-electron chi connectivity index (χ1n) is 9.09. The van der Waals surface area contributed by atoms with Crippen LogP contribution in [0.4, 0.5) is 4.39 Å². The Morgan fingerprint density at radius 2 is 1.83 bits per heavy atom. The summed E-state index contributed by atoms with van der Waals surface area (Å²) in [5.41, 5.74) is 6.86. The van der Waals surface area contributed by atoms with Gasteiger partial charge in [0.05, 0.1) is 11.5 Å². The predicted molar refractivity (Wildman–Crippen MR) is 115 cm³/mol. The molecule has 1 aromatic heterocycles. The Kier molecular flexibility index (Phi) is 7.43. The first-order valence-corrected chi connectivity index (χ1v) is 11.0. The highest BCUT2D eigenvalue weighted by Crippen LogP contribution is 2.28. The molecule has 0 unspecified atom stereocenters. The van der Waals surface area contributed by atoms with E-state index in [1.165, 1.54) is 17.0 Å². The number of carbonyl (C=O) groups excluding carboxylic acids is 2. The number of amides is 2. The highest BCUT2D eigenvalue weighted by molar-refractivity contribution is 7.98. The zero-order valence-electron chi connectivity index (χ0n) is 15.6. The van der Waals surface area contributed by atoms with Gasteiger partial charge in [0, 0.05) is 22.1 Å². The SMILES string of the molecule is NC(=O)[C@@H](CNC(=O)c1ccccc1SCc1cccs1)Cc1ccc(F)cc1. The van der Waals surface area contributed by atoms with Crippen LogP contribution in [0.3, 0.4) is 0 Å². The van der Waals surface area contributed by atoms with Gasteiger partial charge in [0.2, 0.25) is 5.91 Å². The van der Waals surface area contributed by atoms with Crippen molar-refractivity contribution in [2.45, 2.75) is 17.1 Å². The van der Waals surface area contributed by atoms with Crippen LogP contribution in [0, 0.1) is 11.7 Å². The molecule has 3 rings (SSSR count). The number of rotatable bonds is 9. The molecular formula is C22H21FN2O2S2. The largest absolute Gasteiger partial charge is 0.369 e. The quantitative estimate of drug-likeness (QED) is 0.501. The van der Waals surface area contributed by atoms with Crippen molar-refractivity contribution in [2.24, 2.45) is 11.7 Å². The first-order chi connectivity index (χ1) is 14.0. The third kappa shape index (κ3) is 6.17. The lowest BCUT2D eigenvalue weighted by molar-refractivity contribution is -0.121. The molecule has 0 spiro atoms. The zero-order valence-corrected chi connectivity index (χ0v) is 17.3. The summed E-state index contributed by atoms with van der Waals surface area (Å²) < 4.78 is 13.1. The van der Waals surface area contributed by atoms with Gasteiger partial charge in [0.15, 0.2) is 0 Å². The van der Waals surface area contributed by atoms with Gasteiger partial charge in [-0.15, -0.1) is 23.1 Å². The Morgan fingerprint density at radius 3 is 2.52 bits per heavy atom. The van der Waals surface area contributed by atoms with E-state index in [0.717, 1.165) is 16.2 Å². The van der Waals surface area contributed by atoms with Crippen LogP contribution in [0.15, 0.2) is 70.9 Å². The highest BCUT2D eigenvalue weighted by Gasteiger charge is 2.19. The van der Waals surface area contributed by atoms with Crippen LogP contribution in [0.25, 0.3) is 0 Å². The normalized spacial score (nSPS) is 11.8. The summed E-state index contributed by atoms with van der Waals surface area (Å²) in [5, 5.41) is 4.85. The maximum atomic E-state index is 13.1. The molecule has 0 saturated heterocycles. The minimum atomic E-state index is -0.574. The van der Waals surface area contributed by atoms with Gasteiger partial charge in [-0.3, -0.25) is 9.59 Å². The fourth-order valence-electron chi connectivity index (χ4n) is 2.81. The number of hydrogen-bond acceptors (Lipinski definition) is 4. The zero-order chi connectivity index (χ0) is 20.6. The van der Waals surface area contributed by atoms with E-state index in [4.69, 9.17) is 5.73 Å². The minimum Gasteiger partial charge on any atom is -0.369 e. The van der Waals surface area contributed by atoms with Crippen molar-refractivity contribution in [2.75, 3.05) is 6.54 Å². The maximum absolute atomic E-state index is 13.1. The Bertz CT molecular complexity index is 959. The Balaban J connectivity index is 1.62. The minimum absolute atomic E-state index is 0.121. The Hall–Kier alpha value is -2.64. The molecule has 3 aromatic rings. The average molecular weight is 429 g/mol. The number of thiophene rings is 1. The number of hydrogen-bond donors (Lipinski definition) is 2. The van der Waals surface area contributed by atoms with Gasteiger partial charge < -0.3 is 11.1 Å². The lowest BCUT2D eigenvalue weighted by atomic mass is 9.98. The van der Waals surface area contributed by atoms with Gasteiger partial charge in [-0.25, -0.2) is 4.39 Å². The fraction of sp³-hybridized carbons (Fsp3) is 0.182. The van der Waals surface area contributed by atoms with Gasteiger partial charge >= 0.3 is 0 Å². The van der Waals surface area contributed by atoms with Crippen LogP contribution in [0.2, 0.25) is 0 Å². The van der Waals surface area contributed by atoms with Crippen LogP contribution < -0.4 is 11.1 Å². The van der Waals surface area contributed by atoms with Gasteiger partial charge in [-0.05, 0) is 47.7 Å². The molecule has 29 heavy (non-hydrogen) atoms. The molecule has 3 N–H and O–H groups in total. The van der Waals surface area contributed by atoms with Crippen LogP contribution in [-0.2, 0) is 17.0 Å². The summed E-state index contributed by atoms with van der Waals surface area (Å²) in [6.07, 6.45) is 0.338. The summed E-state index contributed by atoms with van der Waals surface area (Å²) in [4.78, 5) is 26.7. The lowest BCUT2D eigenvalue weighted by Gasteiger charge is -2.15. The summed E-state index contributed by atoms with van der Waals surface area (Å²) in [6.45, 7) is 0.121. The number of nitrogens with two attached hydrogens (primary N) is 1. The lowest BCUT2D eigenvalue weighted by Crippen LogP contribution is -2.37. The molecule has 0 bridgehead atoms. The fourth-order valence-corrected chi connectivity index (χ4v) is 4.64. The second kappa shape index (κ2) is 10.2. The molecule has 7 heteroatoms. The number of carbonyl (C=O) groups is 2. The summed E-state index contributed by atoms with van der Waals surface area (Å²) in [7, 11) is 0. The van der Waals surface area contributed by atoms with Crippen LogP contribution >= 0.6 is 23.1 Å². The molecule has 0 radical (unpaired) electrons. The molecule has 150 valence electrons. The number of primary amides is 1. The second-order valence-corrected chi connectivity index (χ2v) is 8.55. The highest BCUT2D eigenvalue weighted by atomic mass is 32.2. The topological polar surface area (TPSA) is 72.2 Å². The monoisotopic (exact) mass is 428 g/mol. The third-order valence-electron chi connectivity index (χ3n) is 4.39. The van der Waals surface area contributed by atoms with Crippen molar-refractivity contribution in [3.63, 3.8) is 0 Å². The van der Waals surface area contributed by atoms with Gasteiger partial charge in [0.1, 0.15) is 5.82 Å². The second-order valence-electron chi connectivity index (χ2n) is 6.50. The summed E-state index contributed by atoms with van der Waals surface area (Å²) in [6, 6.07) is 17.4. The van der Waals surface area contributed by atoms with Crippen molar-refractivity contribution in [3.8, 4) is 0 Å². The maximum Gasteiger partial charge on any atom is 0.252 e. The molecular weight excluding hydrogens is 407 g/mol. The van der Waals surface area contributed by atoms with E-state index in [-0.39, 0.29) is 18.3 Å². The molecule has 2 amide bonds. The van der Waals surface area contributed by atoms with E-state index < -0.39 is 11.8 Å². The van der Waals surface area contributed by atoms with Crippen molar-refractivity contribution < 1.29 is 14.0 Å². The van der Waals surface area contributed by atoms with Crippen molar-refractivity contribution in [1.82, 2.24) is 5.32 Å². The van der Waals surface area contributed by atoms with E-state index in [0.29, 0.717) is 12.0 Å². The first kappa shape index (κ1) is 21.1.